The Labute approximate surface area is 216 Å². The maximum atomic E-state index is 13.2. The van der Waals surface area contributed by atoms with Crippen molar-refractivity contribution in [2.45, 2.75) is 77.5 Å². The first-order valence-electron chi connectivity index (χ1n) is 12.1. The second kappa shape index (κ2) is 14.8. The number of aromatic hydroxyl groups is 1. The van der Waals surface area contributed by atoms with E-state index in [2.05, 4.69) is 16.0 Å². The van der Waals surface area contributed by atoms with Gasteiger partial charge < -0.3 is 37.0 Å². The van der Waals surface area contributed by atoms with E-state index in [1.807, 2.05) is 13.8 Å². The predicted molar refractivity (Wildman–Crippen MR) is 134 cm³/mol. The first-order chi connectivity index (χ1) is 17.2. The number of phenols is 1. The molecule has 4 unspecified atom stereocenters. The summed E-state index contributed by atoms with van der Waals surface area (Å²) in [5.41, 5.74) is 6.35. The average Bonchev–Trinajstić information content (AvgIpc) is 2.80. The predicted octanol–water partition coefficient (Wildman–Crippen LogP) is 0.368. The molecule has 12 heteroatoms. The molecule has 0 saturated carbocycles. The summed E-state index contributed by atoms with van der Waals surface area (Å²) in [5, 5.41) is 35.4. The van der Waals surface area contributed by atoms with Gasteiger partial charge in [0.1, 0.15) is 23.9 Å². The van der Waals surface area contributed by atoms with Crippen LogP contribution in [0.15, 0.2) is 24.3 Å². The molecule has 1 rings (SSSR count). The Morgan fingerprint density at radius 2 is 1.41 bits per heavy atom. The Hall–Kier alpha value is -3.67. The van der Waals surface area contributed by atoms with Gasteiger partial charge in [0.25, 0.3) is 0 Å². The van der Waals surface area contributed by atoms with Gasteiger partial charge in [-0.25, -0.2) is 4.79 Å². The Bertz CT molecular complexity index is 949. The van der Waals surface area contributed by atoms with E-state index in [0.29, 0.717) is 5.56 Å². The topological polar surface area (TPSA) is 208 Å². The molecule has 0 aliphatic heterocycles. The highest BCUT2D eigenvalue weighted by Gasteiger charge is 2.32. The molecular weight excluding hydrogens is 484 g/mol. The van der Waals surface area contributed by atoms with Crippen LogP contribution in [0.4, 0.5) is 0 Å². The van der Waals surface area contributed by atoms with Gasteiger partial charge >= 0.3 is 11.9 Å². The molecule has 0 bridgehead atoms. The van der Waals surface area contributed by atoms with Crippen LogP contribution < -0.4 is 21.7 Å². The third-order valence-electron chi connectivity index (χ3n) is 5.58. The third kappa shape index (κ3) is 11.3. The van der Waals surface area contributed by atoms with Crippen molar-refractivity contribution < 1.29 is 39.3 Å². The summed E-state index contributed by atoms with van der Waals surface area (Å²) in [6.07, 6.45) is -0.266. The van der Waals surface area contributed by atoms with Crippen molar-refractivity contribution in [2.75, 3.05) is 0 Å². The van der Waals surface area contributed by atoms with E-state index in [4.69, 9.17) is 10.8 Å². The summed E-state index contributed by atoms with van der Waals surface area (Å²) in [7, 11) is 0. The SMILES string of the molecule is CC(C)CC(NC(=O)C(Cc1ccc(O)cc1)NC(=O)C(NC(=O)C(N)CCC(=O)O)C(C)C)C(=O)O. The lowest BCUT2D eigenvalue weighted by molar-refractivity contribution is -0.143. The number of aliphatic carboxylic acids is 2. The van der Waals surface area contributed by atoms with Gasteiger partial charge in [0.05, 0.1) is 6.04 Å². The fraction of sp³-hybridized carbons (Fsp3) is 0.560. The number of hydrogen-bond donors (Lipinski definition) is 7. The Kier molecular flexibility index (Phi) is 12.5. The molecule has 3 amide bonds. The van der Waals surface area contributed by atoms with Gasteiger partial charge in [0, 0.05) is 12.8 Å². The number of nitrogens with one attached hydrogen (secondary N) is 3. The lowest BCUT2D eigenvalue weighted by Gasteiger charge is -2.27. The highest BCUT2D eigenvalue weighted by molar-refractivity contribution is 5.94. The van der Waals surface area contributed by atoms with Crippen LogP contribution in [0.3, 0.4) is 0 Å². The number of carboxylic acids is 2. The molecule has 12 nitrogen and oxygen atoms in total. The standard InChI is InChI=1S/C25H38N4O8/c1-13(2)11-19(25(36)37)28-23(34)18(12-15-5-7-16(30)8-6-15)27-24(35)21(14(3)4)29-22(33)17(26)9-10-20(31)32/h5-8,13-14,17-19,21,30H,9-12,26H2,1-4H3,(H,27,35)(H,28,34)(H,29,33)(H,31,32)(H,36,37). The molecule has 0 aromatic heterocycles. The monoisotopic (exact) mass is 522 g/mol. The van der Waals surface area contributed by atoms with Gasteiger partial charge in [-0.3, -0.25) is 19.2 Å². The van der Waals surface area contributed by atoms with Gasteiger partial charge in [-0.15, -0.1) is 0 Å². The van der Waals surface area contributed by atoms with Gasteiger partial charge in [0.2, 0.25) is 17.7 Å². The Morgan fingerprint density at radius 1 is 0.838 bits per heavy atom. The number of phenolic OH excluding ortho intramolecular Hbond substituents is 1. The van der Waals surface area contributed by atoms with Crippen molar-refractivity contribution >= 4 is 29.7 Å². The van der Waals surface area contributed by atoms with Crippen LogP contribution in [-0.4, -0.2) is 69.1 Å². The van der Waals surface area contributed by atoms with E-state index < -0.39 is 59.7 Å². The number of rotatable bonds is 15. The zero-order chi connectivity index (χ0) is 28.3. The smallest absolute Gasteiger partial charge is 0.326 e. The maximum Gasteiger partial charge on any atom is 0.326 e. The molecule has 0 fully saturated rings. The van der Waals surface area contributed by atoms with Gasteiger partial charge in [-0.1, -0.05) is 39.8 Å². The summed E-state index contributed by atoms with van der Waals surface area (Å²) >= 11 is 0. The summed E-state index contributed by atoms with van der Waals surface area (Å²) in [4.78, 5) is 61.2. The molecule has 0 radical (unpaired) electrons. The maximum absolute atomic E-state index is 13.2. The first-order valence-corrected chi connectivity index (χ1v) is 12.1. The van der Waals surface area contributed by atoms with E-state index in [1.165, 1.54) is 12.1 Å². The molecule has 0 heterocycles. The highest BCUT2D eigenvalue weighted by Crippen LogP contribution is 2.13. The second-order valence-corrected chi connectivity index (χ2v) is 9.73. The minimum absolute atomic E-state index is 0.0112. The number of amides is 3. The molecule has 206 valence electrons. The number of benzene rings is 1. The summed E-state index contributed by atoms with van der Waals surface area (Å²) < 4.78 is 0. The minimum atomic E-state index is -1.21. The number of carboxylic acid groups (broad SMARTS) is 2. The van der Waals surface area contributed by atoms with E-state index in [1.54, 1.807) is 26.0 Å². The number of nitrogens with two attached hydrogens (primary N) is 1. The lowest BCUT2D eigenvalue weighted by atomic mass is 9.99. The van der Waals surface area contributed by atoms with Crippen LogP contribution in [0.1, 0.15) is 52.5 Å². The highest BCUT2D eigenvalue weighted by atomic mass is 16.4. The largest absolute Gasteiger partial charge is 0.508 e. The Morgan fingerprint density at radius 3 is 1.89 bits per heavy atom. The molecule has 8 N–H and O–H groups in total. The third-order valence-corrected chi connectivity index (χ3v) is 5.58. The van der Waals surface area contributed by atoms with Crippen molar-refractivity contribution in [2.24, 2.45) is 17.6 Å². The normalized spacial score (nSPS) is 14.4. The van der Waals surface area contributed by atoms with Crippen LogP contribution in [0, 0.1) is 11.8 Å². The van der Waals surface area contributed by atoms with Crippen LogP contribution in [-0.2, 0) is 30.4 Å². The fourth-order valence-electron chi connectivity index (χ4n) is 3.51. The van der Waals surface area contributed by atoms with E-state index in [0.717, 1.165) is 0 Å². The van der Waals surface area contributed by atoms with Gasteiger partial charge in [0.15, 0.2) is 0 Å². The fourth-order valence-corrected chi connectivity index (χ4v) is 3.51. The van der Waals surface area contributed by atoms with Crippen molar-refractivity contribution in [1.29, 1.82) is 0 Å². The summed E-state index contributed by atoms with van der Waals surface area (Å²) in [5.74, 6) is -4.86. The van der Waals surface area contributed by atoms with E-state index in [-0.39, 0.29) is 37.4 Å². The zero-order valence-electron chi connectivity index (χ0n) is 21.6. The molecule has 1 aromatic carbocycles. The molecule has 4 atom stereocenters. The summed E-state index contributed by atoms with van der Waals surface area (Å²) in [6, 6.07) is 1.37. The van der Waals surface area contributed by atoms with Gasteiger partial charge in [-0.2, -0.15) is 0 Å². The number of carbonyl (C=O) groups is 5. The molecular formula is C25H38N4O8. The average molecular weight is 523 g/mol. The quantitative estimate of drug-likeness (QED) is 0.169. The van der Waals surface area contributed by atoms with Crippen LogP contribution in [0.2, 0.25) is 0 Å². The summed E-state index contributed by atoms with van der Waals surface area (Å²) in [6.45, 7) is 6.97. The van der Waals surface area contributed by atoms with Crippen LogP contribution in [0.25, 0.3) is 0 Å². The van der Waals surface area contributed by atoms with Gasteiger partial charge in [-0.05, 0) is 42.4 Å². The van der Waals surface area contributed by atoms with Crippen molar-refractivity contribution in [1.82, 2.24) is 16.0 Å². The Balaban J connectivity index is 3.10. The van der Waals surface area contributed by atoms with Crippen molar-refractivity contribution in [3.8, 4) is 5.75 Å². The zero-order valence-corrected chi connectivity index (χ0v) is 21.6. The van der Waals surface area contributed by atoms with Crippen LogP contribution in [0.5, 0.6) is 5.75 Å². The molecule has 0 saturated heterocycles. The number of carbonyl (C=O) groups excluding carboxylic acids is 3. The second-order valence-electron chi connectivity index (χ2n) is 9.73. The van der Waals surface area contributed by atoms with Crippen molar-refractivity contribution in [3.05, 3.63) is 29.8 Å². The molecule has 37 heavy (non-hydrogen) atoms. The van der Waals surface area contributed by atoms with E-state index in [9.17, 15) is 34.2 Å². The lowest BCUT2D eigenvalue weighted by Crippen LogP contribution is -2.59. The van der Waals surface area contributed by atoms with E-state index >= 15 is 0 Å². The minimum Gasteiger partial charge on any atom is -0.508 e. The van der Waals surface area contributed by atoms with Crippen molar-refractivity contribution in [3.63, 3.8) is 0 Å². The first kappa shape index (κ1) is 31.4. The molecule has 0 spiro atoms. The number of hydrogen-bond acceptors (Lipinski definition) is 7. The molecule has 1 aromatic rings. The molecule has 0 aliphatic carbocycles. The molecule has 0 aliphatic rings. The van der Waals surface area contributed by atoms with Crippen LogP contribution >= 0.6 is 0 Å².